The molecule has 36 heavy (non-hydrogen) atoms. The average Bonchev–Trinajstić information content (AvgIpc) is 3.63. The Labute approximate surface area is 224 Å². The molecule has 2 aromatic carbocycles. The van der Waals surface area contributed by atoms with Gasteiger partial charge in [0.05, 0.1) is 6.07 Å². The van der Waals surface area contributed by atoms with Gasteiger partial charge >= 0.3 is 0 Å². The second-order valence-corrected chi connectivity index (χ2v) is 13.7. The van der Waals surface area contributed by atoms with Gasteiger partial charge in [0.1, 0.15) is 5.41 Å². The van der Waals surface area contributed by atoms with Crippen LogP contribution >= 0.6 is 22.7 Å². The Balaban J connectivity index is 1.56. The highest BCUT2D eigenvalue weighted by Crippen LogP contribution is 2.51. The predicted molar refractivity (Wildman–Crippen MR) is 157 cm³/mol. The molecular formula is C33H35NS2. The van der Waals surface area contributed by atoms with Gasteiger partial charge in [0.2, 0.25) is 0 Å². The van der Waals surface area contributed by atoms with Crippen molar-refractivity contribution in [3.8, 4) is 38.1 Å². The normalized spacial score (nSPS) is 14.4. The van der Waals surface area contributed by atoms with E-state index in [1.54, 1.807) is 0 Å². The lowest BCUT2D eigenvalue weighted by atomic mass is 9.80. The highest BCUT2D eigenvalue weighted by Gasteiger charge is 2.40. The molecule has 0 radical (unpaired) electrons. The number of hydrogen-bond acceptors (Lipinski definition) is 3. The van der Waals surface area contributed by atoms with Gasteiger partial charge in [-0.3, -0.25) is 0 Å². The number of nitrogens with zero attached hydrogens (tertiary/aromatic N) is 1. The Morgan fingerprint density at radius 2 is 1.11 bits per heavy atom. The van der Waals surface area contributed by atoms with Crippen LogP contribution in [-0.4, -0.2) is 0 Å². The molecule has 1 aliphatic carbocycles. The molecule has 184 valence electrons. The zero-order chi connectivity index (χ0) is 25.9. The Morgan fingerprint density at radius 1 is 0.694 bits per heavy atom. The average molecular weight is 510 g/mol. The largest absolute Gasteiger partial charge is 0.197 e. The topological polar surface area (TPSA) is 23.8 Å². The quantitative estimate of drug-likeness (QED) is 0.253. The summed E-state index contributed by atoms with van der Waals surface area (Å²) >= 11 is 3.76. The molecule has 0 saturated carbocycles. The summed E-state index contributed by atoms with van der Waals surface area (Å²) in [6.45, 7) is 15.8. The third-order valence-electron chi connectivity index (χ3n) is 8.51. The van der Waals surface area contributed by atoms with E-state index in [0.717, 1.165) is 24.0 Å². The van der Waals surface area contributed by atoms with Crippen molar-refractivity contribution >= 4 is 22.7 Å². The molecule has 2 heterocycles. The minimum atomic E-state index is -0.664. The molecule has 0 bridgehead atoms. The summed E-state index contributed by atoms with van der Waals surface area (Å²) in [7, 11) is 0. The SMILES string of the molecule is CCC(C)(C)c1ccc(-c2ccc3c(c2)C(C)(C#N)c2cc(-c4ccc(C(C)(C)CC)s4)ccc2-3)s1. The van der Waals surface area contributed by atoms with Crippen molar-refractivity contribution in [3.05, 3.63) is 81.5 Å². The van der Waals surface area contributed by atoms with Crippen molar-refractivity contribution in [2.45, 2.75) is 77.6 Å². The first kappa shape index (κ1) is 25.0. The van der Waals surface area contributed by atoms with E-state index in [2.05, 4.69) is 115 Å². The van der Waals surface area contributed by atoms with Gasteiger partial charge in [-0.25, -0.2) is 0 Å². The molecule has 0 N–H and O–H groups in total. The molecule has 0 amide bonds. The molecule has 3 heteroatoms. The highest BCUT2D eigenvalue weighted by atomic mass is 32.1. The maximum atomic E-state index is 10.5. The number of rotatable bonds is 6. The highest BCUT2D eigenvalue weighted by molar-refractivity contribution is 7.16. The minimum Gasteiger partial charge on any atom is -0.197 e. The van der Waals surface area contributed by atoms with Crippen molar-refractivity contribution in [3.63, 3.8) is 0 Å². The van der Waals surface area contributed by atoms with Crippen molar-refractivity contribution in [1.29, 1.82) is 5.26 Å². The van der Waals surface area contributed by atoms with E-state index in [4.69, 9.17) is 0 Å². The summed E-state index contributed by atoms with van der Waals surface area (Å²) < 4.78 is 0. The summed E-state index contributed by atoms with van der Waals surface area (Å²) in [5.74, 6) is 0. The first-order valence-electron chi connectivity index (χ1n) is 13.0. The summed E-state index contributed by atoms with van der Waals surface area (Å²) in [5, 5.41) is 10.5. The van der Waals surface area contributed by atoms with Crippen LogP contribution in [0.5, 0.6) is 0 Å². The molecule has 0 fully saturated rings. The smallest absolute Gasteiger partial charge is 0.106 e. The Kier molecular flexibility index (Phi) is 6.05. The second-order valence-electron chi connectivity index (χ2n) is 11.6. The lowest BCUT2D eigenvalue weighted by molar-refractivity contribution is 0.517. The summed E-state index contributed by atoms with van der Waals surface area (Å²) in [5.41, 5.74) is 6.73. The van der Waals surface area contributed by atoms with Gasteiger partial charge in [-0.1, -0.05) is 65.8 Å². The first-order chi connectivity index (χ1) is 17.0. The van der Waals surface area contributed by atoms with Crippen LogP contribution < -0.4 is 0 Å². The zero-order valence-electron chi connectivity index (χ0n) is 22.5. The Morgan fingerprint density at radius 3 is 1.47 bits per heavy atom. The Hall–Kier alpha value is -2.67. The lowest BCUT2D eigenvalue weighted by Crippen LogP contribution is -2.17. The molecule has 0 unspecified atom stereocenters. The van der Waals surface area contributed by atoms with Gasteiger partial charge in [0, 0.05) is 19.5 Å². The number of fused-ring (bicyclic) bond motifs is 3. The van der Waals surface area contributed by atoms with Crippen LogP contribution in [0.15, 0.2) is 60.7 Å². The fourth-order valence-corrected chi connectivity index (χ4v) is 7.37. The van der Waals surface area contributed by atoms with E-state index in [9.17, 15) is 5.26 Å². The van der Waals surface area contributed by atoms with E-state index in [0.29, 0.717) is 0 Å². The first-order valence-corrected chi connectivity index (χ1v) is 14.6. The molecule has 0 atom stereocenters. The second kappa shape index (κ2) is 8.72. The van der Waals surface area contributed by atoms with E-state index < -0.39 is 5.41 Å². The molecule has 2 aromatic heterocycles. The third-order valence-corrected chi connectivity index (χ3v) is 11.5. The van der Waals surface area contributed by atoms with Gasteiger partial charge in [-0.2, -0.15) is 5.26 Å². The van der Waals surface area contributed by atoms with E-state index in [1.165, 1.54) is 41.8 Å². The summed E-state index contributed by atoms with van der Waals surface area (Å²) in [4.78, 5) is 5.38. The maximum Gasteiger partial charge on any atom is 0.106 e. The predicted octanol–water partition coefficient (Wildman–Crippen LogP) is 10.3. The molecule has 0 saturated heterocycles. The molecular weight excluding hydrogens is 475 g/mol. The van der Waals surface area contributed by atoms with Crippen LogP contribution in [0.3, 0.4) is 0 Å². The van der Waals surface area contributed by atoms with Gasteiger partial charge in [0.25, 0.3) is 0 Å². The van der Waals surface area contributed by atoms with Crippen molar-refractivity contribution in [1.82, 2.24) is 0 Å². The standard InChI is InChI=1S/C33H35NS2/c1-8-31(3,4)29-16-14-27(35-29)21-10-12-23-24-13-11-22(19-26(24)33(7,20-34)25(23)18-21)28-15-17-30(36-28)32(5,6)9-2/h10-19H,8-9H2,1-7H3. The van der Waals surface area contributed by atoms with Crippen molar-refractivity contribution < 1.29 is 0 Å². The Bertz CT molecular complexity index is 1380. The number of nitriles is 1. The van der Waals surface area contributed by atoms with Gasteiger partial charge in [-0.05, 0) is 100 Å². The fourth-order valence-electron chi connectivity index (χ4n) is 5.02. The fraction of sp³-hybridized carbons (Fsp3) is 0.364. The number of thiophene rings is 2. The molecule has 5 rings (SSSR count). The third kappa shape index (κ3) is 3.87. The minimum absolute atomic E-state index is 0.182. The van der Waals surface area contributed by atoms with Crippen LogP contribution in [0.1, 0.15) is 82.2 Å². The molecule has 1 aliphatic rings. The van der Waals surface area contributed by atoms with Gasteiger partial charge in [-0.15, -0.1) is 22.7 Å². The van der Waals surface area contributed by atoms with Gasteiger partial charge < -0.3 is 0 Å². The van der Waals surface area contributed by atoms with Crippen molar-refractivity contribution in [2.24, 2.45) is 0 Å². The van der Waals surface area contributed by atoms with Crippen LogP contribution in [0.25, 0.3) is 32.0 Å². The summed E-state index contributed by atoms with van der Waals surface area (Å²) in [6.07, 6.45) is 2.23. The van der Waals surface area contributed by atoms with Crippen LogP contribution in [-0.2, 0) is 16.2 Å². The van der Waals surface area contributed by atoms with Crippen LogP contribution in [0, 0.1) is 11.3 Å². The molecule has 1 nitrogen and oxygen atoms in total. The van der Waals surface area contributed by atoms with Crippen LogP contribution in [0.4, 0.5) is 0 Å². The lowest BCUT2D eigenvalue weighted by Gasteiger charge is -2.21. The number of benzene rings is 2. The van der Waals surface area contributed by atoms with E-state index in [1.807, 2.05) is 22.7 Å². The monoisotopic (exact) mass is 509 g/mol. The zero-order valence-corrected chi connectivity index (χ0v) is 24.1. The summed E-state index contributed by atoms with van der Waals surface area (Å²) in [6, 6.07) is 25.2. The molecule has 0 spiro atoms. The van der Waals surface area contributed by atoms with Crippen molar-refractivity contribution in [2.75, 3.05) is 0 Å². The maximum absolute atomic E-state index is 10.5. The molecule has 4 aromatic rings. The van der Waals surface area contributed by atoms with Gasteiger partial charge in [0.15, 0.2) is 0 Å². The molecule has 0 aliphatic heterocycles. The number of hydrogen-bond donors (Lipinski definition) is 0. The van der Waals surface area contributed by atoms with E-state index >= 15 is 0 Å². The van der Waals surface area contributed by atoms with Crippen LogP contribution in [0.2, 0.25) is 0 Å². The van der Waals surface area contributed by atoms with E-state index in [-0.39, 0.29) is 10.8 Å².